The summed E-state index contributed by atoms with van der Waals surface area (Å²) in [7, 11) is 2.10. The number of nitrogens with zero attached hydrogens (tertiary/aromatic N) is 3. The first-order valence-electron chi connectivity index (χ1n) is 6.63. The molecule has 0 radical (unpaired) electrons. The number of anilines is 1. The lowest BCUT2D eigenvalue weighted by atomic mass is 10.1. The van der Waals surface area contributed by atoms with Gasteiger partial charge in [0.2, 0.25) is 0 Å². The Bertz CT molecular complexity index is 476. The van der Waals surface area contributed by atoms with Gasteiger partial charge < -0.3 is 10.6 Å². The normalized spacial score (nSPS) is 24.5. The van der Waals surface area contributed by atoms with Gasteiger partial charge in [-0.1, -0.05) is 0 Å². The molecule has 1 aromatic rings. The van der Waals surface area contributed by atoms with Gasteiger partial charge in [0.05, 0.1) is 23.1 Å². The molecule has 1 amide bonds. The quantitative estimate of drug-likeness (QED) is 0.824. The van der Waals surface area contributed by atoms with E-state index in [-0.39, 0.29) is 5.91 Å². The van der Waals surface area contributed by atoms with Gasteiger partial charge in [-0.2, -0.15) is 0 Å². The van der Waals surface area contributed by atoms with E-state index in [1.165, 1.54) is 0 Å². The Hall–Kier alpha value is -1.62. The highest BCUT2D eigenvalue weighted by Crippen LogP contribution is 2.18. The number of piperazine rings is 1. The van der Waals surface area contributed by atoms with E-state index in [1.54, 1.807) is 12.3 Å². The second-order valence-corrected chi connectivity index (χ2v) is 5.48. The third-order valence-electron chi connectivity index (χ3n) is 3.99. The Balaban J connectivity index is 2.22. The number of likely N-dealkylation sites (N-methyl/N-ethyl adjacent to an activating group) is 1. The molecule has 0 aliphatic carbocycles. The van der Waals surface area contributed by atoms with Crippen LogP contribution in [0.1, 0.15) is 29.9 Å². The minimum atomic E-state index is 0.0316. The molecular weight excluding hydrogens is 240 g/mol. The molecule has 5 nitrogen and oxygen atoms in total. The second-order valence-electron chi connectivity index (χ2n) is 5.48. The Kier molecular flexibility index (Phi) is 3.75. The number of hydrogen-bond donors (Lipinski definition) is 1. The number of amides is 1. The molecule has 1 aromatic heterocycles. The van der Waals surface area contributed by atoms with Gasteiger partial charge in [-0.05, 0) is 33.9 Å². The van der Waals surface area contributed by atoms with Crippen LogP contribution in [0.2, 0.25) is 0 Å². The van der Waals surface area contributed by atoms with Crippen LogP contribution in [0, 0.1) is 6.92 Å². The number of carbonyl (C=O) groups is 1. The van der Waals surface area contributed by atoms with Crippen LogP contribution in [0.15, 0.2) is 12.3 Å². The summed E-state index contributed by atoms with van der Waals surface area (Å²) in [6.45, 7) is 7.61. The number of hydrogen-bond acceptors (Lipinski definition) is 4. The number of aryl methyl sites for hydroxylation is 1. The number of carbonyl (C=O) groups excluding carboxylic acids is 1. The predicted molar refractivity (Wildman–Crippen MR) is 76.0 cm³/mol. The van der Waals surface area contributed by atoms with Crippen molar-refractivity contribution in [1.29, 1.82) is 0 Å². The smallest absolute Gasteiger partial charge is 0.255 e. The molecule has 5 heteroatoms. The van der Waals surface area contributed by atoms with E-state index < -0.39 is 0 Å². The summed E-state index contributed by atoms with van der Waals surface area (Å²) in [5.41, 5.74) is 7.61. The highest BCUT2D eigenvalue weighted by Gasteiger charge is 2.30. The van der Waals surface area contributed by atoms with Crippen LogP contribution in [-0.4, -0.2) is 52.9 Å². The van der Waals surface area contributed by atoms with Crippen LogP contribution in [0.3, 0.4) is 0 Å². The largest absolute Gasteiger partial charge is 0.397 e. The van der Waals surface area contributed by atoms with Gasteiger partial charge in [0.25, 0.3) is 5.91 Å². The van der Waals surface area contributed by atoms with Gasteiger partial charge in [0.15, 0.2) is 0 Å². The Labute approximate surface area is 114 Å². The van der Waals surface area contributed by atoms with E-state index in [1.807, 2.05) is 11.8 Å². The summed E-state index contributed by atoms with van der Waals surface area (Å²) < 4.78 is 0. The summed E-state index contributed by atoms with van der Waals surface area (Å²) >= 11 is 0. The van der Waals surface area contributed by atoms with Crippen LogP contribution in [0.25, 0.3) is 0 Å². The lowest BCUT2D eigenvalue weighted by Crippen LogP contribution is -2.56. The molecule has 2 heterocycles. The summed E-state index contributed by atoms with van der Waals surface area (Å²) in [6, 6.07) is 2.45. The molecule has 104 valence electrons. The fourth-order valence-corrected chi connectivity index (χ4v) is 2.51. The third-order valence-corrected chi connectivity index (χ3v) is 3.99. The van der Waals surface area contributed by atoms with Crippen molar-refractivity contribution in [1.82, 2.24) is 14.8 Å². The maximum Gasteiger partial charge on any atom is 0.255 e. The van der Waals surface area contributed by atoms with Crippen LogP contribution >= 0.6 is 0 Å². The summed E-state index contributed by atoms with van der Waals surface area (Å²) in [6.07, 6.45) is 1.58. The van der Waals surface area contributed by atoms with Crippen molar-refractivity contribution in [3.8, 4) is 0 Å². The molecule has 2 N–H and O–H groups in total. The number of nitrogen functional groups attached to an aromatic ring is 1. The summed E-state index contributed by atoms with van der Waals surface area (Å²) in [4.78, 5) is 20.9. The van der Waals surface area contributed by atoms with E-state index in [0.29, 0.717) is 23.3 Å². The first kappa shape index (κ1) is 13.8. The zero-order valence-corrected chi connectivity index (χ0v) is 12.1. The molecular formula is C14H22N4O. The lowest BCUT2D eigenvalue weighted by Gasteiger charge is -2.42. The Morgan fingerprint density at radius 2 is 1.95 bits per heavy atom. The van der Waals surface area contributed by atoms with Crippen LogP contribution in [0.5, 0.6) is 0 Å². The predicted octanol–water partition coefficient (Wildman–Crippen LogP) is 1.14. The van der Waals surface area contributed by atoms with E-state index in [0.717, 1.165) is 18.8 Å². The maximum absolute atomic E-state index is 12.6. The van der Waals surface area contributed by atoms with E-state index in [4.69, 9.17) is 5.73 Å². The van der Waals surface area contributed by atoms with Crippen LogP contribution < -0.4 is 5.73 Å². The standard InChI is InChI=1S/C14H22N4O/c1-9-7-18(8-10(2)17(9)4)14(19)13-5-12(15)6-16-11(13)3/h5-6,9-10H,7-8,15H2,1-4H3. The fourth-order valence-electron chi connectivity index (χ4n) is 2.51. The van der Waals surface area contributed by atoms with Gasteiger partial charge >= 0.3 is 0 Å². The topological polar surface area (TPSA) is 62.5 Å². The molecule has 0 aromatic carbocycles. The first-order chi connectivity index (χ1) is 8.90. The van der Waals surface area contributed by atoms with E-state index in [9.17, 15) is 4.79 Å². The molecule has 0 bridgehead atoms. The van der Waals surface area contributed by atoms with Crippen LogP contribution in [0.4, 0.5) is 5.69 Å². The summed E-state index contributed by atoms with van der Waals surface area (Å²) in [5, 5.41) is 0. The Morgan fingerprint density at radius 1 is 1.37 bits per heavy atom. The van der Waals surface area contributed by atoms with Crippen molar-refractivity contribution < 1.29 is 4.79 Å². The highest BCUT2D eigenvalue weighted by atomic mass is 16.2. The number of aromatic nitrogens is 1. The van der Waals surface area contributed by atoms with Crippen molar-refractivity contribution in [2.24, 2.45) is 0 Å². The van der Waals surface area contributed by atoms with Crippen molar-refractivity contribution in [2.45, 2.75) is 32.9 Å². The number of rotatable bonds is 1. The molecule has 2 atom stereocenters. The number of nitrogens with two attached hydrogens (primary N) is 1. The van der Waals surface area contributed by atoms with Crippen molar-refractivity contribution in [3.05, 3.63) is 23.5 Å². The zero-order valence-electron chi connectivity index (χ0n) is 12.1. The van der Waals surface area contributed by atoms with E-state index in [2.05, 4.69) is 30.8 Å². The average molecular weight is 262 g/mol. The maximum atomic E-state index is 12.6. The molecule has 1 aliphatic rings. The molecule has 0 saturated carbocycles. The molecule has 19 heavy (non-hydrogen) atoms. The molecule has 1 aliphatic heterocycles. The first-order valence-corrected chi connectivity index (χ1v) is 6.63. The second kappa shape index (κ2) is 5.17. The van der Waals surface area contributed by atoms with Gasteiger partial charge in [-0.25, -0.2) is 0 Å². The van der Waals surface area contributed by atoms with Crippen molar-refractivity contribution in [2.75, 3.05) is 25.9 Å². The minimum Gasteiger partial charge on any atom is -0.397 e. The monoisotopic (exact) mass is 262 g/mol. The van der Waals surface area contributed by atoms with E-state index >= 15 is 0 Å². The average Bonchev–Trinajstić information content (AvgIpc) is 2.37. The molecule has 2 unspecified atom stereocenters. The van der Waals surface area contributed by atoms with Gasteiger partial charge in [-0.15, -0.1) is 0 Å². The lowest BCUT2D eigenvalue weighted by molar-refractivity contribution is 0.0413. The van der Waals surface area contributed by atoms with Gasteiger partial charge in [0, 0.05) is 25.2 Å². The Morgan fingerprint density at radius 3 is 2.53 bits per heavy atom. The molecule has 1 fully saturated rings. The van der Waals surface area contributed by atoms with Crippen molar-refractivity contribution >= 4 is 11.6 Å². The van der Waals surface area contributed by atoms with Crippen molar-refractivity contribution in [3.63, 3.8) is 0 Å². The SMILES string of the molecule is Cc1ncc(N)cc1C(=O)N1CC(C)N(C)C(C)C1. The molecule has 1 saturated heterocycles. The minimum absolute atomic E-state index is 0.0316. The fraction of sp³-hybridized carbons (Fsp3) is 0.571. The highest BCUT2D eigenvalue weighted by molar-refractivity contribution is 5.96. The zero-order chi connectivity index (χ0) is 14.2. The summed E-state index contributed by atoms with van der Waals surface area (Å²) in [5.74, 6) is 0.0316. The molecule has 2 rings (SSSR count). The van der Waals surface area contributed by atoms with Gasteiger partial charge in [-0.3, -0.25) is 14.7 Å². The van der Waals surface area contributed by atoms with Crippen LogP contribution in [-0.2, 0) is 0 Å². The van der Waals surface area contributed by atoms with Gasteiger partial charge in [0.1, 0.15) is 0 Å². The third kappa shape index (κ3) is 2.71. The molecule has 0 spiro atoms. The number of pyridine rings is 1.